The van der Waals surface area contributed by atoms with Gasteiger partial charge in [-0.15, -0.1) is 11.8 Å². The quantitative estimate of drug-likeness (QED) is 0.181. The number of rotatable bonds is 17. The van der Waals surface area contributed by atoms with E-state index >= 15 is 0 Å². The maximum Gasteiger partial charge on any atom is 0.105 e. The van der Waals surface area contributed by atoms with Crippen LogP contribution in [-0.4, -0.2) is 29.4 Å². The first-order chi connectivity index (χ1) is 14.9. The average molecular weight is 441 g/mol. The molecule has 1 N–H and O–H groups in total. The number of hydrogen-bond acceptors (Lipinski definition) is 4. The molecule has 1 aliphatic rings. The van der Waals surface area contributed by atoms with Crippen LogP contribution in [0.5, 0.6) is 0 Å². The van der Waals surface area contributed by atoms with Gasteiger partial charge in [-0.2, -0.15) is 10.2 Å². The van der Waals surface area contributed by atoms with Crippen molar-refractivity contribution in [1.29, 1.82) is 0 Å². The minimum absolute atomic E-state index is 0.362. The summed E-state index contributed by atoms with van der Waals surface area (Å²) in [6.45, 7) is 1.29. The van der Waals surface area contributed by atoms with E-state index in [1.54, 1.807) is 0 Å². The van der Waals surface area contributed by atoms with Crippen molar-refractivity contribution in [2.45, 2.75) is 147 Å². The summed E-state index contributed by atoms with van der Waals surface area (Å²) in [6.07, 6.45) is 30.0. The Hall–Kier alpha value is -0.0900. The molecule has 0 unspecified atom stereocenters. The third kappa shape index (κ3) is 19.8. The summed E-state index contributed by atoms with van der Waals surface area (Å²) in [5.74, 6) is 0.880. The fraction of sp³-hybridized carbons (Fsp3) is 1.00. The molecule has 178 valence electrons. The van der Waals surface area contributed by atoms with Gasteiger partial charge in [-0.3, -0.25) is 0 Å². The Morgan fingerprint density at radius 1 is 0.533 bits per heavy atom. The molecule has 0 aromatic heterocycles. The van der Waals surface area contributed by atoms with Gasteiger partial charge in [-0.05, 0) is 25.7 Å². The summed E-state index contributed by atoms with van der Waals surface area (Å²) in [6, 6.07) is 0. The van der Waals surface area contributed by atoms with E-state index in [1.165, 1.54) is 135 Å². The summed E-state index contributed by atoms with van der Waals surface area (Å²) in [5, 5.41) is 18.5. The molecule has 0 heterocycles. The number of thioether (sulfide) groups is 1. The van der Waals surface area contributed by atoms with Crippen molar-refractivity contribution in [3.05, 3.63) is 0 Å². The van der Waals surface area contributed by atoms with Crippen molar-refractivity contribution in [2.75, 3.05) is 19.0 Å². The molecule has 0 saturated heterocycles. The van der Waals surface area contributed by atoms with Crippen LogP contribution in [0.25, 0.3) is 0 Å². The van der Waals surface area contributed by atoms with Crippen molar-refractivity contribution >= 4 is 11.8 Å². The van der Waals surface area contributed by atoms with Crippen LogP contribution in [0, 0.1) is 0 Å². The first-order valence-corrected chi connectivity index (χ1v) is 14.5. The molecule has 0 aromatic rings. The van der Waals surface area contributed by atoms with Gasteiger partial charge in [0.2, 0.25) is 0 Å². The van der Waals surface area contributed by atoms with E-state index in [0.717, 1.165) is 24.1 Å². The van der Waals surface area contributed by atoms with Gasteiger partial charge in [0, 0.05) is 11.9 Å². The Bertz CT molecular complexity index is 353. The SMILES string of the molecule is OCCCCCCCCCCCCCCN=NCSC1CCCCCCCCCC1. The Morgan fingerprint density at radius 2 is 0.967 bits per heavy atom. The summed E-state index contributed by atoms with van der Waals surface area (Å²) in [4.78, 5) is 0. The standard InChI is InChI=1S/C26H52N2OS/c29-24-20-16-12-8-4-2-1-3-7-11-15-19-23-27-28-25-30-26-21-17-13-9-5-6-10-14-18-22-26/h26,29H,1-25H2. The number of nitrogens with zero attached hydrogens (tertiary/aromatic N) is 2. The fourth-order valence-corrected chi connectivity index (χ4v) is 5.45. The molecule has 1 rings (SSSR count). The van der Waals surface area contributed by atoms with Gasteiger partial charge in [-0.1, -0.05) is 116 Å². The van der Waals surface area contributed by atoms with Crippen LogP contribution in [0.1, 0.15) is 141 Å². The Morgan fingerprint density at radius 3 is 1.47 bits per heavy atom. The van der Waals surface area contributed by atoms with Crippen LogP contribution in [0.3, 0.4) is 0 Å². The van der Waals surface area contributed by atoms with Crippen molar-refractivity contribution in [3.63, 3.8) is 0 Å². The Balaban J connectivity index is 1.84. The van der Waals surface area contributed by atoms with E-state index < -0.39 is 0 Å². The van der Waals surface area contributed by atoms with Gasteiger partial charge in [0.05, 0.1) is 6.54 Å². The zero-order valence-electron chi connectivity index (χ0n) is 20.0. The summed E-state index contributed by atoms with van der Waals surface area (Å²) >= 11 is 2.06. The van der Waals surface area contributed by atoms with Crippen LogP contribution < -0.4 is 0 Å². The smallest absolute Gasteiger partial charge is 0.105 e. The predicted octanol–water partition coefficient (Wildman–Crippen LogP) is 9.09. The van der Waals surface area contributed by atoms with E-state index in [9.17, 15) is 0 Å². The van der Waals surface area contributed by atoms with Crippen LogP contribution >= 0.6 is 11.8 Å². The van der Waals surface area contributed by atoms with Crippen molar-refractivity contribution < 1.29 is 5.11 Å². The van der Waals surface area contributed by atoms with E-state index in [4.69, 9.17) is 5.11 Å². The van der Waals surface area contributed by atoms with E-state index in [2.05, 4.69) is 22.0 Å². The topological polar surface area (TPSA) is 45.0 Å². The first-order valence-electron chi connectivity index (χ1n) is 13.5. The second-order valence-corrected chi connectivity index (χ2v) is 10.6. The van der Waals surface area contributed by atoms with Gasteiger partial charge in [0.1, 0.15) is 5.88 Å². The molecule has 30 heavy (non-hydrogen) atoms. The molecular weight excluding hydrogens is 388 g/mol. The molecule has 0 aromatic carbocycles. The molecule has 0 atom stereocenters. The predicted molar refractivity (Wildman–Crippen MR) is 135 cm³/mol. The van der Waals surface area contributed by atoms with E-state index in [-0.39, 0.29) is 0 Å². The van der Waals surface area contributed by atoms with Crippen LogP contribution in [0.4, 0.5) is 0 Å². The molecule has 1 aliphatic carbocycles. The monoisotopic (exact) mass is 440 g/mol. The molecule has 4 heteroatoms. The first kappa shape index (κ1) is 27.9. The van der Waals surface area contributed by atoms with Crippen molar-refractivity contribution in [3.8, 4) is 0 Å². The molecule has 0 aliphatic heterocycles. The maximum absolute atomic E-state index is 8.76. The number of hydrogen-bond donors (Lipinski definition) is 1. The fourth-order valence-electron chi connectivity index (χ4n) is 4.43. The lowest BCUT2D eigenvalue weighted by atomic mass is 10.1. The number of unbranched alkanes of at least 4 members (excludes halogenated alkanes) is 11. The summed E-state index contributed by atoms with van der Waals surface area (Å²) in [5.41, 5.74) is 0. The Kier molecular flexibility index (Phi) is 22.0. The van der Waals surface area contributed by atoms with E-state index in [1.807, 2.05) is 0 Å². The molecule has 1 saturated carbocycles. The van der Waals surface area contributed by atoms with Gasteiger partial charge in [0.25, 0.3) is 0 Å². The molecule has 0 amide bonds. The van der Waals surface area contributed by atoms with Crippen molar-refractivity contribution in [2.24, 2.45) is 10.2 Å². The molecule has 1 fully saturated rings. The highest BCUT2D eigenvalue weighted by atomic mass is 32.2. The normalized spacial score (nSPS) is 17.4. The lowest BCUT2D eigenvalue weighted by Crippen LogP contribution is -2.03. The highest BCUT2D eigenvalue weighted by molar-refractivity contribution is 7.99. The minimum Gasteiger partial charge on any atom is -0.396 e. The molecule has 0 radical (unpaired) electrons. The van der Waals surface area contributed by atoms with Gasteiger partial charge in [0.15, 0.2) is 0 Å². The van der Waals surface area contributed by atoms with Crippen LogP contribution in [-0.2, 0) is 0 Å². The second kappa shape index (κ2) is 23.6. The van der Waals surface area contributed by atoms with Gasteiger partial charge >= 0.3 is 0 Å². The highest BCUT2D eigenvalue weighted by Gasteiger charge is 2.09. The van der Waals surface area contributed by atoms with Crippen molar-refractivity contribution in [1.82, 2.24) is 0 Å². The third-order valence-corrected chi connectivity index (χ3v) is 7.64. The molecule has 3 nitrogen and oxygen atoms in total. The molecule has 0 bridgehead atoms. The second-order valence-electron chi connectivity index (χ2n) is 9.30. The molecule has 0 spiro atoms. The highest BCUT2D eigenvalue weighted by Crippen LogP contribution is 2.25. The van der Waals surface area contributed by atoms with Crippen LogP contribution in [0.15, 0.2) is 10.2 Å². The molecular formula is C26H52N2OS. The van der Waals surface area contributed by atoms with Gasteiger partial charge < -0.3 is 5.11 Å². The number of aliphatic hydroxyl groups excluding tert-OH is 1. The van der Waals surface area contributed by atoms with Gasteiger partial charge in [-0.25, -0.2) is 0 Å². The minimum atomic E-state index is 0.362. The summed E-state index contributed by atoms with van der Waals surface area (Å²) < 4.78 is 0. The largest absolute Gasteiger partial charge is 0.396 e. The van der Waals surface area contributed by atoms with Crippen LogP contribution in [0.2, 0.25) is 0 Å². The third-order valence-electron chi connectivity index (χ3n) is 6.44. The maximum atomic E-state index is 8.76. The average Bonchev–Trinajstić information content (AvgIpc) is 2.82. The Labute approximate surface area is 192 Å². The lowest BCUT2D eigenvalue weighted by Gasteiger charge is -2.14. The zero-order valence-corrected chi connectivity index (χ0v) is 20.8. The number of azo groups is 1. The zero-order chi connectivity index (χ0) is 21.4. The lowest BCUT2D eigenvalue weighted by molar-refractivity contribution is 0.282. The van der Waals surface area contributed by atoms with E-state index in [0.29, 0.717) is 6.61 Å². The number of aliphatic hydroxyl groups is 1. The summed E-state index contributed by atoms with van der Waals surface area (Å²) in [7, 11) is 0.